The van der Waals surface area contributed by atoms with Gasteiger partial charge in [0, 0.05) is 23.4 Å². The highest BCUT2D eigenvalue weighted by Crippen LogP contribution is 2.41. The van der Waals surface area contributed by atoms with Gasteiger partial charge >= 0.3 is 6.03 Å². The molecule has 0 radical (unpaired) electrons. The van der Waals surface area contributed by atoms with Gasteiger partial charge in [0.1, 0.15) is 17.2 Å². The fourth-order valence-corrected chi connectivity index (χ4v) is 5.47. The van der Waals surface area contributed by atoms with Gasteiger partial charge in [-0.15, -0.1) is 0 Å². The molecule has 52 heavy (non-hydrogen) atoms. The number of aromatic hydroxyl groups is 1. The summed E-state index contributed by atoms with van der Waals surface area (Å²) >= 11 is 0. The van der Waals surface area contributed by atoms with Crippen LogP contribution in [0.4, 0.5) is 21.9 Å². The summed E-state index contributed by atoms with van der Waals surface area (Å²) in [6.45, 7) is 17.2. The van der Waals surface area contributed by atoms with Crippen molar-refractivity contribution >= 4 is 29.0 Å². The number of phenols is 1. The molecule has 0 fully saturated rings. The summed E-state index contributed by atoms with van der Waals surface area (Å²) in [6, 6.07) is 24.3. The summed E-state index contributed by atoms with van der Waals surface area (Å²) in [5.41, 5.74) is 4.30. The number of anilines is 3. The highest BCUT2D eigenvalue weighted by Gasteiger charge is 2.30. The minimum absolute atomic E-state index is 0.0166. The molecular weight excluding hydrogens is 652 g/mol. The van der Waals surface area contributed by atoms with Crippen molar-refractivity contribution in [1.29, 1.82) is 5.26 Å². The zero-order valence-corrected chi connectivity index (χ0v) is 31.6. The van der Waals surface area contributed by atoms with Crippen LogP contribution in [-0.4, -0.2) is 23.1 Å². The first-order valence-electron chi connectivity index (χ1n) is 18.0. The van der Waals surface area contributed by atoms with Crippen LogP contribution in [0.15, 0.2) is 78.9 Å². The lowest BCUT2D eigenvalue weighted by Crippen LogP contribution is -2.34. The molecule has 1 atom stereocenters. The summed E-state index contributed by atoms with van der Waals surface area (Å²) in [5.74, 6) is 0.704. The fourth-order valence-electron chi connectivity index (χ4n) is 5.47. The Morgan fingerprint density at radius 3 is 2.10 bits per heavy atom. The Labute approximate surface area is 308 Å². The van der Waals surface area contributed by atoms with E-state index in [1.807, 2.05) is 31.2 Å². The number of urea groups is 1. The van der Waals surface area contributed by atoms with Crippen molar-refractivity contribution in [2.24, 2.45) is 0 Å². The van der Waals surface area contributed by atoms with E-state index in [0.29, 0.717) is 29.2 Å². The van der Waals surface area contributed by atoms with Gasteiger partial charge in [0.2, 0.25) is 0 Å². The van der Waals surface area contributed by atoms with Gasteiger partial charge in [-0.3, -0.25) is 4.79 Å². The van der Waals surface area contributed by atoms with E-state index in [1.165, 1.54) is 17.7 Å². The number of unbranched alkanes of at least 4 members (excludes halogenated alkanes) is 1. The van der Waals surface area contributed by atoms with E-state index in [9.17, 15) is 14.7 Å². The van der Waals surface area contributed by atoms with Crippen molar-refractivity contribution in [3.8, 4) is 29.1 Å². The molecule has 0 aliphatic carbocycles. The van der Waals surface area contributed by atoms with E-state index in [4.69, 9.17) is 14.7 Å². The van der Waals surface area contributed by atoms with Crippen LogP contribution in [-0.2, 0) is 15.6 Å². The number of rotatable bonds is 15. The van der Waals surface area contributed by atoms with Gasteiger partial charge in [0.05, 0.1) is 23.0 Å². The molecule has 4 aromatic rings. The average molecular weight is 705 g/mol. The first-order chi connectivity index (χ1) is 24.7. The second-order valence-corrected chi connectivity index (χ2v) is 14.5. The number of carbonyl (C=O) groups excluding carboxylic acids is 2. The standard InChI is InChI=1S/C43H52N4O5/c1-9-12-13-38(52-37-23-18-30(42(5,6)10-2)24-33(37)43(7,8)11-3)40(49)46-35-25-36(48)34(26-39(35)51-32-21-14-28(4)15-22-32)47-41(50)45-31-19-16-29(27-44)17-20-31/h14-26,38,48H,9-13H2,1-8H3,(H,46,49)(H2,45,47,50). The Morgan fingerprint density at radius 2 is 1.48 bits per heavy atom. The van der Waals surface area contributed by atoms with Crippen LogP contribution in [0.5, 0.6) is 23.0 Å². The van der Waals surface area contributed by atoms with Crippen LogP contribution < -0.4 is 25.4 Å². The highest BCUT2D eigenvalue weighted by atomic mass is 16.5. The maximum absolute atomic E-state index is 14.1. The van der Waals surface area contributed by atoms with Crippen molar-refractivity contribution in [1.82, 2.24) is 0 Å². The van der Waals surface area contributed by atoms with Crippen molar-refractivity contribution in [3.63, 3.8) is 0 Å². The molecule has 274 valence electrons. The normalized spacial score (nSPS) is 12.0. The Hall–Kier alpha value is -5.49. The monoisotopic (exact) mass is 704 g/mol. The number of hydrogen-bond acceptors (Lipinski definition) is 6. The number of nitrogens with zero attached hydrogens (tertiary/aromatic N) is 1. The maximum Gasteiger partial charge on any atom is 0.323 e. The Bertz CT molecular complexity index is 1890. The summed E-state index contributed by atoms with van der Waals surface area (Å²) in [6.07, 6.45) is 3.15. The number of ether oxygens (including phenoxy) is 2. The fraction of sp³-hybridized carbons (Fsp3) is 0.372. The van der Waals surface area contributed by atoms with Gasteiger partial charge in [-0.2, -0.15) is 5.26 Å². The molecular formula is C43H52N4O5. The average Bonchev–Trinajstić information content (AvgIpc) is 3.12. The van der Waals surface area contributed by atoms with Crippen LogP contribution in [0.2, 0.25) is 0 Å². The SMILES string of the molecule is CCCCC(Oc1ccc(C(C)(C)CC)cc1C(C)(C)CC)C(=O)Nc1cc(O)c(NC(=O)Nc2ccc(C#N)cc2)cc1Oc1ccc(C)cc1. The number of carbonyl (C=O) groups is 2. The molecule has 4 N–H and O–H groups in total. The van der Waals surface area contributed by atoms with Gasteiger partial charge in [0.15, 0.2) is 11.9 Å². The molecule has 0 spiro atoms. The van der Waals surface area contributed by atoms with Gasteiger partial charge < -0.3 is 30.5 Å². The lowest BCUT2D eigenvalue weighted by Gasteiger charge is -2.31. The molecule has 4 rings (SSSR count). The van der Waals surface area contributed by atoms with E-state index in [1.54, 1.807) is 36.4 Å². The molecule has 0 saturated carbocycles. The number of amides is 3. The molecule has 1 unspecified atom stereocenters. The highest BCUT2D eigenvalue weighted by molar-refractivity contribution is 6.02. The molecule has 3 amide bonds. The lowest BCUT2D eigenvalue weighted by atomic mass is 9.76. The van der Waals surface area contributed by atoms with Gasteiger partial charge in [0.25, 0.3) is 5.91 Å². The molecule has 4 aromatic carbocycles. The van der Waals surface area contributed by atoms with E-state index in [0.717, 1.165) is 36.8 Å². The van der Waals surface area contributed by atoms with Crippen LogP contribution in [0, 0.1) is 18.3 Å². The largest absolute Gasteiger partial charge is 0.506 e. The van der Waals surface area contributed by atoms with Crippen molar-refractivity contribution < 1.29 is 24.2 Å². The second kappa shape index (κ2) is 17.1. The third-order valence-corrected chi connectivity index (χ3v) is 9.76. The van der Waals surface area contributed by atoms with Crippen molar-refractivity contribution in [3.05, 3.63) is 101 Å². The van der Waals surface area contributed by atoms with Crippen LogP contribution in [0.25, 0.3) is 0 Å². The summed E-state index contributed by atoms with van der Waals surface area (Å²) < 4.78 is 12.9. The van der Waals surface area contributed by atoms with Crippen molar-refractivity contribution in [2.75, 3.05) is 16.0 Å². The summed E-state index contributed by atoms with van der Waals surface area (Å²) in [7, 11) is 0. The van der Waals surface area contributed by atoms with Gasteiger partial charge in [-0.1, -0.05) is 84.7 Å². The first kappa shape index (κ1) is 39.3. The zero-order valence-electron chi connectivity index (χ0n) is 31.6. The number of nitrogens with one attached hydrogen (secondary N) is 3. The molecule has 0 bridgehead atoms. The van der Waals surface area contributed by atoms with E-state index >= 15 is 0 Å². The second-order valence-electron chi connectivity index (χ2n) is 14.5. The molecule has 0 aliphatic rings. The van der Waals surface area contributed by atoms with Crippen LogP contribution in [0.1, 0.15) is 103 Å². The maximum atomic E-state index is 14.1. The van der Waals surface area contributed by atoms with E-state index in [-0.39, 0.29) is 39.6 Å². The minimum atomic E-state index is -0.832. The number of nitriles is 1. The minimum Gasteiger partial charge on any atom is -0.506 e. The van der Waals surface area contributed by atoms with E-state index in [2.05, 4.69) is 76.5 Å². The molecule has 0 aliphatic heterocycles. The number of hydrogen-bond donors (Lipinski definition) is 4. The molecule has 0 aromatic heterocycles. The Balaban J connectivity index is 1.67. The molecule has 9 nitrogen and oxygen atoms in total. The van der Waals surface area contributed by atoms with Crippen LogP contribution >= 0.6 is 0 Å². The lowest BCUT2D eigenvalue weighted by molar-refractivity contribution is -0.123. The smallest absolute Gasteiger partial charge is 0.323 e. The summed E-state index contributed by atoms with van der Waals surface area (Å²) in [4.78, 5) is 27.0. The van der Waals surface area contributed by atoms with Gasteiger partial charge in [-0.05, 0) is 91.5 Å². The molecule has 0 heterocycles. The quantitative estimate of drug-likeness (QED) is 0.0910. The number of benzene rings is 4. The van der Waals surface area contributed by atoms with Crippen molar-refractivity contribution in [2.45, 2.75) is 104 Å². The zero-order chi connectivity index (χ0) is 38.1. The predicted octanol–water partition coefficient (Wildman–Crippen LogP) is 11.0. The molecule has 9 heteroatoms. The summed E-state index contributed by atoms with van der Waals surface area (Å²) in [5, 5.41) is 28.4. The number of aryl methyl sites for hydroxylation is 1. The third-order valence-electron chi connectivity index (χ3n) is 9.76. The van der Waals surface area contributed by atoms with Gasteiger partial charge in [-0.25, -0.2) is 4.79 Å². The number of phenolic OH excluding ortho intramolecular Hbond substituents is 1. The molecule has 0 saturated heterocycles. The third kappa shape index (κ3) is 10.1. The van der Waals surface area contributed by atoms with Crippen LogP contribution in [0.3, 0.4) is 0 Å². The first-order valence-corrected chi connectivity index (χ1v) is 18.0. The Kier molecular flexibility index (Phi) is 13.0. The predicted molar refractivity (Wildman–Crippen MR) is 209 cm³/mol. The van der Waals surface area contributed by atoms with E-state index < -0.39 is 12.1 Å². The Morgan fingerprint density at radius 1 is 0.808 bits per heavy atom. The topological polar surface area (TPSA) is 133 Å².